The van der Waals surface area contributed by atoms with E-state index in [4.69, 9.17) is 23.2 Å². The summed E-state index contributed by atoms with van der Waals surface area (Å²) in [5.74, 6) is -0.487. The van der Waals surface area contributed by atoms with Crippen molar-refractivity contribution < 1.29 is 9.18 Å². The summed E-state index contributed by atoms with van der Waals surface area (Å²) in [6.45, 7) is 0. The maximum absolute atomic E-state index is 13.8. The third kappa shape index (κ3) is 2.33. The van der Waals surface area contributed by atoms with Crippen LogP contribution >= 0.6 is 23.2 Å². The van der Waals surface area contributed by atoms with Gasteiger partial charge in [-0.1, -0.05) is 41.4 Å². The van der Waals surface area contributed by atoms with Crippen LogP contribution in [0.4, 0.5) is 4.39 Å². The van der Waals surface area contributed by atoms with Gasteiger partial charge in [0.2, 0.25) is 0 Å². The molecule has 0 aliphatic rings. The van der Waals surface area contributed by atoms with Crippen molar-refractivity contribution in [2.75, 3.05) is 0 Å². The van der Waals surface area contributed by atoms with E-state index >= 15 is 0 Å². The van der Waals surface area contributed by atoms with Gasteiger partial charge in [-0.05, 0) is 18.2 Å². The molecule has 0 atom stereocenters. The van der Waals surface area contributed by atoms with Crippen molar-refractivity contribution in [2.45, 2.75) is 0 Å². The summed E-state index contributed by atoms with van der Waals surface area (Å²) in [5, 5.41) is 0.772. The Morgan fingerprint density at radius 3 is 2.53 bits per heavy atom. The molecule has 0 unspecified atom stereocenters. The van der Waals surface area contributed by atoms with E-state index in [1.54, 1.807) is 12.1 Å². The van der Waals surface area contributed by atoms with Gasteiger partial charge in [0, 0.05) is 21.7 Å². The monoisotopic (exact) mass is 268 g/mol. The zero-order chi connectivity index (χ0) is 12.4. The average Bonchev–Trinajstić information content (AvgIpc) is 2.30. The molecule has 0 bridgehead atoms. The fourth-order valence-corrected chi connectivity index (χ4v) is 2.12. The molecule has 0 aliphatic heterocycles. The van der Waals surface area contributed by atoms with Gasteiger partial charge in [-0.2, -0.15) is 0 Å². The highest BCUT2D eigenvalue weighted by Crippen LogP contribution is 2.33. The number of rotatable bonds is 2. The number of carbonyl (C=O) groups excluding carboxylic acids is 1. The first kappa shape index (κ1) is 12.1. The SMILES string of the molecule is O=Cc1cccc(F)c1-c1ccc(Cl)cc1Cl. The molecule has 0 spiro atoms. The molecule has 0 saturated heterocycles. The molecule has 0 aliphatic carbocycles. The van der Waals surface area contributed by atoms with Crippen molar-refractivity contribution in [3.63, 3.8) is 0 Å². The Kier molecular flexibility index (Phi) is 3.46. The summed E-state index contributed by atoms with van der Waals surface area (Å²) in [6, 6.07) is 9.01. The highest BCUT2D eigenvalue weighted by Gasteiger charge is 2.13. The largest absolute Gasteiger partial charge is 0.298 e. The maximum atomic E-state index is 13.8. The molecule has 0 saturated carbocycles. The number of hydrogen-bond acceptors (Lipinski definition) is 1. The molecule has 86 valence electrons. The van der Waals surface area contributed by atoms with Crippen molar-refractivity contribution in [3.8, 4) is 11.1 Å². The van der Waals surface area contributed by atoms with Gasteiger partial charge in [0.25, 0.3) is 0 Å². The average molecular weight is 269 g/mol. The predicted octanol–water partition coefficient (Wildman–Crippen LogP) is 4.61. The first-order valence-corrected chi connectivity index (χ1v) is 5.58. The second-order valence-electron chi connectivity index (χ2n) is 3.45. The minimum Gasteiger partial charge on any atom is -0.298 e. The van der Waals surface area contributed by atoms with Crippen LogP contribution in [0.3, 0.4) is 0 Å². The highest BCUT2D eigenvalue weighted by atomic mass is 35.5. The number of hydrogen-bond donors (Lipinski definition) is 0. The molecule has 4 heteroatoms. The van der Waals surface area contributed by atoms with Crippen LogP contribution in [-0.2, 0) is 0 Å². The van der Waals surface area contributed by atoms with Crippen molar-refractivity contribution >= 4 is 29.5 Å². The van der Waals surface area contributed by atoms with Crippen LogP contribution < -0.4 is 0 Å². The molecule has 2 aromatic rings. The van der Waals surface area contributed by atoms with Crippen molar-refractivity contribution in [1.29, 1.82) is 0 Å². The van der Waals surface area contributed by atoms with E-state index in [1.165, 1.54) is 24.3 Å². The molecule has 0 aromatic heterocycles. The minimum atomic E-state index is -0.487. The Morgan fingerprint density at radius 2 is 1.88 bits per heavy atom. The first-order valence-electron chi connectivity index (χ1n) is 4.82. The quantitative estimate of drug-likeness (QED) is 0.727. The fourth-order valence-electron chi connectivity index (χ4n) is 1.62. The Labute approximate surface area is 108 Å². The fraction of sp³-hybridized carbons (Fsp3) is 0. The summed E-state index contributed by atoms with van der Waals surface area (Å²) < 4.78 is 13.8. The summed E-state index contributed by atoms with van der Waals surface area (Å²) >= 11 is 11.8. The lowest BCUT2D eigenvalue weighted by Crippen LogP contribution is -1.92. The van der Waals surface area contributed by atoms with Crippen molar-refractivity contribution in [3.05, 3.63) is 57.8 Å². The molecule has 2 aromatic carbocycles. The number of carbonyl (C=O) groups is 1. The van der Waals surface area contributed by atoms with Gasteiger partial charge < -0.3 is 0 Å². The maximum Gasteiger partial charge on any atom is 0.150 e. The summed E-state index contributed by atoms with van der Waals surface area (Å²) in [4.78, 5) is 10.9. The van der Waals surface area contributed by atoms with Gasteiger partial charge in [-0.15, -0.1) is 0 Å². The molecule has 0 radical (unpaired) electrons. The lowest BCUT2D eigenvalue weighted by atomic mass is 10.00. The standard InChI is InChI=1S/C13H7Cl2FO/c14-9-4-5-10(11(15)6-9)13-8(7-17)2-1-3-12(13)16/h1-7H. The van der Waals surface area contributed by atoms with Crippen LogP contribution in [-0.4, -0.2) is 6.29 Å². The van der Waals surface area contributed by atoms with Gasteiger partial charge in [-0.3, -0.25) is 4.79 Å². The minimum absolute atomic E-state index is 0.198. The molecule has 0 N–H and O–H groups in total. The molecular weight excluding hydrogens is 262 g/mol. The number of benzene rings is 2. The zero-order valence-electron chi connectivity index (χ0n) is 8.58. The van der Waals surface area contributed by atoms with Crippen LogP contribution in [0.2, 0.25) is 10.0 Å². The summed E-state index contributed by atoms with van der Waals surface area (Å²) in [7, 11) is 0. The second kappa shape index (κ2) is 4.86. The third-order valence-corrected chi connectivity index (χ3v) is 2.92. The van der Waals surface area contributed by atoms with Crippen LogP contribution in [0, 0.1) is 5.82 Å². The molecule has 2 rings (SSSR count). The van der Waals surface area contributed by atoms with Crippen molar-refractivity contribution in [1.82, 2.24) is 0 Å². The number of aldehydes is 1. The Balaban J connectivity index is 2.71. The number of halogens is 3. The Hall–Kier alpha value is -1.38. The van der Waals surface area contributed by atoms with Crippen LogP contribution in [0.25, 0.3) is 11.1 Å². The van der Waals surface area contributed by atoms with E-state index in [0.29, 0.717) is 21.9 Å². The molecule has 17 heavy (non-hydrogen) atoms. The second-order valence-corrected chi connectivity index (χ2v) is 4.29. The Bertz CT molecular complexity index is 582. The van der Waals surface area contributed by atoms with Gasteiger partial charge in [0.15, 0.2) is 6.29 Å². The lowest BCUT2D eigenvalue weighted by molar-refractivity contribution is 0.112. The third-order valence-electron chi connectivity index (χ3n) is 2.37. The van der Waals surface area contributed by atoms with E-state index in [1.807, 2.05) is 0 Å². The van der Waals surface area contributed by atoms with Gasteiger partial charge in [0.05, 0.1) is 5.02 Å². The normalized spacial score (nSPS) is 10.3. The van der Waals surface area contributed by atoms with Crippen molar-refractivity contribution in [2.24, 2.45) is 0 Å². The first-order chi connectivity index (χ1) is 8.13. The van der Waals surface area contributed by atoms with Crippen LogP contribution in [0.15, 0.2) is 36.4 Å². The molecule has 0 fully saturated rings. The summed E-state index contributed by atoms with van der Waals surface area (Å²) in [5.41, 5.74) is 0.912. The predicted molar refractivity (Wildman–Crippen MR) is 67.2 cm³/mol. The van der Waals surface area contributed by atoms with Gasteiger partial charge in [0.1, 0.15) is 5.82 Å². The van der Waals surface area contributed by atoms with E-state index < -0.39 is 5.82 Å². The van der Waals surface area contributed by atoms with Gasteiger partial charge in [-0.25, -0.2) is 4.39 Å². The molecule has 1 nitrogen and oxygen atoms in total. The van der Waals surface area contributed by atoms with E-state index in [-0.39, 0.29) is 11.1 Å². The zero-order valence-corrected chi connectivity index (χ0v) is 10.1. The highest BCUT2D eigenvalue weighted by molar-refractivity contribution is 6.36. The molecule has 0 amide bonds. The van der Waals surface area contributed by atoms with Crippen LogP contribution in [0.1, 0.15) is 10.4 Å². The summed E-state index contributed by atoms with van der Waals surface area (Å²) in [6.07, 6.45) is 0.601. The lowest BCUT2D eigenvalue weighted by Gasteiger charge is -2.08. The Morgan fingerprint density at radius 1 is 1.12 bits per heavy atom. The van der Waals surface area contributed by atoms with Crippen LogP contribution in [0.5, 0.6) is 0 Å². The van der Waals surface area contributed by atoms with E-state index in [9.17, 15) is 9.18 Å². The van der Waals surface area contributed by atoms with E-state index in [2.05, 4.69) is 0 Å². The molecule has 0 heterocycles. The van der Waals surface area contributed by atoms with Gasteiger partial charge >= 0.3 is 0 Å². The van der Waals surface area contributed by atoms with E-state index in [0.717, 1.165) is 0 Å². The smallest absolute Gasteiger partial charge is 0.150 e. The molecular formula is C13H7Cl2FO. The topological polar surface area (TPSA) is 17.1 Å².